The van der Waals surface area contributed by atoms with E-state index in [1.54, 1.807) is 31.6 Å². The molecule has 204 valence electrons. The van der Waals surface area contributed by atoms with E-state index in [-0.39, 0.29) is 0 Å². The highest BCUT2D eigenvalue weighted by Gasteiger charge is 2.21. The quantitative estimate of drug-likeness (QED) is 0.267. The summed E-state index contributed by atoms with van der Waals surface area (Å²) in [7, 11) is 0.145. The minimum Gasteiger partial charge on any atom is -0.348 e. The molecule has 0 fully saturated rings. The molecule has 0 saturated carbocycles. The van der Waals surface area contributed by atoms with Crippen LogP contribution in [0.25, 0.3) is 0 Å². The van der Waals surface area contributed by atoms with Gasteiger partial charge < -0.3 is 14.5 Å². The van der Waals surface area contributed by atoms with Crippen LogP contribution in [0.2, 0.25) is 0 Å². The van der Waals surface area contributed by atoms with Gasteiger partial charge in [-0.3, -0.25) is 4.90 Å². The van der Waals surface area contributed by atoms with Gasteiger partial charge in [0.25, 0.3) is 0 Å². The Kier molecular flexibility index (Phi) is 11.3. The third-order valence-electron chi connectivity index (χ3n) is 6.53. The number of aromatic nitrogens is 4. The molecule has 2 heterocycles. The zero-order chi connectivity index (χ0) is 26.7. The number of aromatic amines is 1. The van der Waals surface area contributed by atoms with E-state index < -0.39 is 10.0 Å². The fourth-order valence-electron chi connectivity index (χ4n) is 4.48. The number of nitrogens with zero attached hydrogens (tertiary/aromatic N) is 6. The Balaban J connectivity index is 1.58. The maximum Gasteiger partial charge on any atom is 0.242 e. The first kappa shape index (κ1) is 29.0. The van der Waals surface area contributed by atoms with Crippen molar-refractivity contribution in [2.75, 3.05) is 33.2 Å². The molecule has 0 amide bonds. The van der Waals surface area contributed by atoms with E-state index in [0.29, 0.717) is 31.1 Å². The van der Waals surface area contributed by atoms with Crippen LogP contribution in [0.15, 0.2) is 53.9 Å². The van der Waals surface area contributed by atoms with Crippen molar-refractivity contribution in [1.29, 1.82) is 0 Å². The Morgan fingerprint density at radius 3 is 2.16 bits per heavy atom. The fourth-order valence-corrected chi connectivity index (χ4v) is 5.69. The molecule has 0 unspecified atom stereocenters. The average molecular weight is 530 g/mol. The Hall–Kier alpha value is -2.53. The molecule has 0 saturated heterocycles. The lowest BCUT2D eigenvalue weighted by molar-refractivity contribution is 0.233. The number of sulfonamides is 1. The average Bonchev–Trinajstić information content (AvgIpc) is 3.54. The van der Waals surface area contributed by atoms with Gasteiger partial charge in [0.05, 0.1) is 18.0 Å². The van der Waals surface area contributed by atoms with Gasteiger partial charge in [0.2, 0.25) is 10.0 Å². The Labute approximate surface area is 222 Å². The van der Waals surface area contributed by atoms with Crippen molar-refractivity contribution in [3.05, 3.63) is 66.3 Å². The van der Waals surface area contributed by atoms with Crippen LogP contribution in [0, 0.1) is 0 Å². The van der Waals surface area contributed by atoms with E-state index in [2.05, 4.69) is 38.6 Å². The Morgan fingerprint density at radius 1 is 0.865 bits per heavy atom. The molecule has 1 N–H and O–H groups in total. The first-order chi connectivity index (χ1) is 17.8. The van der Waals surface area contributed by atoms with Crippen molar-refractivity contribution < 1.29 is 8.42 Å². The number of rotatable bonds is 17. The molecule has 2 aromatic heterocycles. The fraction of sp³-hybridized carbons (Fsp3) is 0.556. The van der Waals surface area contributed by atoms with Crippen LogP contribution in [0.4, 0.5) is 0 Å². The lowest BCUT2D eigenvalue weighted by atomic mass is 10.2. The van der Waals surface area contributed by atoms with Crippen LogP contribution >= 0.6 is 0 Å². The molecule has 0 aliphatic heterocycles. The van der Waals surface area contributed by atoms with Gasteiger partial charge in [-0.25, -0.2) is 22.7 Å². The SMILES string of the molecule is CCCN(CCC)CCCCN(C)S(=O)(=O)c1ccc(CN(Cc2ncc[nH]2)Cc2nccn2C)cc1. The van der Waals surface area contributed by atoms with E-state index in [9.17, 15) is 8.42 Å². The van der Waals surface area contributed by atoms with Crippen molar-refractivity contribution in [3.63, 3.8) is 0 Å². The summed E-state index contributed by atoms with van der Waals surface area (Å²) >= 11 is 0. The first-order valence-electron chi connectivity index (χ1n) is 13.3. The zero-order valence-electron chi connectivity index (χ0n) is 22.8. The Bertz CT molecular complexity index is 1140. The summed E-state index contributed by atoms with van der Waals surface area (Å²) in [6, 6.07) is 7.25. The van der Waals surface area contributed by atoms with Crippen LogP contribution in [0.5, 0.6) is 0 Å². The minimum atomic E-state index is -3.52. The molecular weight excluding hydrogens is 486 g/mol. The third kappa shape index (κ3) is 8.77. The summed E-state index contributed by atoms with van der Waals surface area (Å²) in [6.07, 6.45) is 11.4. The summed E-state index contributed by atoms with van der Waals surface area (Å²) in [5.74, 6) is 1.84. The highest BCUT2D eigenvalue weighted by Crippen LogP contribution is 2.18. The van der Waals surface area contributed by atoms with Crippen molar-refractivity contribution in [3.8, 4) is 0 Å². The van der Waals surface area contributed by atoms with Crippen molar-refractivity contribution >= 4 is 10.0 Å². The maximum absolute atomic E-state index is 13.1. The number of hydrogen-bond donors (Lipinski definition) is 1. The van der Waals surface area contributed by atoms with Gasteiger partial charge in [-0.15, -0.1) is 0 Å². The molecule has 0 aliphatic carbocycles. The lowest BCUT2D eigenvalue weighted by Crippen LogP contribution is -2.30. The zero-order valence-corrected chi connectivity index (χ0v) is 23.6. The second kappa shape index (κ2) is 14.4. The smallest absolute Gasteiger partial charge is 0.242 e. The minimum absolute atomic E-state index is 0.332. The molecular formula is C27H43N7O2S. The normalized spacial score (nSPS) is 12.3. The molecule has 0 bridgehead atoms. The standard InChI is InChI=1S/C27H43N7O2S/c1-5-16-33(17-6-2)19-8-7-18-32(4)37(35,36)25-11-9-24(10-12-25)21-34(22-26-28-13-14-29-26)23-27-30-15-20-31(27)3/h9-15,20H,5-8,16-19,21-23H2,1-4H3,(H,28,29). The van der Waals surface area contributed by atoms with Crippen LogP contribution in [-0.2, 0) is 36.7 Å². The van der Waals surface area contributed by atoms with E-state index >= 15 is 0 Å². The molecule has 9 nitrogen and oxygen atoms in total. The van der Waals surface area contributed by atoms with Gasteiger partial charge in [-0.05, 0) is 63.0 Å². The highest BCUT2D eigenvalue weighted by atomic mass is 32.2. The summed E-state index contributed by atoms with van der Waals surface area (Å²) in [6.45, 7) is 10.1. The molecule has 3 aromatic rings. The van der Waals surface area contributed by atoms with Gasteiger partial charge in [0.1, 0.15) is 11.6 Å². The van der Waals surface area contributed by atoms with Crippen LogP contribution in [-0.4, -0.2) is 75.3 Å². The molecule has 10 heteroatoms. The van der Waals surface area contributed by atoms with E-state index in [4.69, 9.17) is 0 Å². The predicted molar refractivity (Wildman–Crippen MR) is 147 cm³/mol. The molecule has 0 atom stereocenters. The van der Waals surface area contributed by atoms with Gasteiger partial charge in [-0.2, -0.15) is 0 Å². The number of hydrogen-bond acceptors (Lipinski definition) is 6. The number of H-pyrrole nitrogens is 1. The second-order valence-corrected chi connectivity index (χ2v) is 11.7. The van der Waals surface area contributed by atoms with Crippen molar-refractivity contribution in [2.45, 2.75) is 64.1 Å². The van der Waals surface area contributed by atoms with Crippen LogP contribution < -0.4 is 0 Å². The maximum atomic E-state index is 13.1. The largest absolute Gasteiger partial charge is 0.348 e. The van der Waals surface area contributed by atoms with Crippen LogP contribution in [0.3, 0.4) is 0 Å². The molecule has 0 radical (unpaired) electrons. The molecule has 1 aromatic carbocycles. The molecule has 0 aliphatic rings. The van der Waals surface area contributed by atoms with Crippen LogP contribution in [0.1, 0.15) is 56.7 Å². The van der Waals surface area contributed by atoms with Gasteiger partial charge in [0, 0.05) is 52.0 Å². The summed E-state index contributed by atoms with van der Waals surface area (Å²) < 4.78 is 29.8. The van der Waals surface area contributed by atoms with Gasteiger partial charge in [0.15, 0.2) is 0 Å². The molecule has 0 spiro atoms. The third-order valence-corrected chi connectivity index (χ3v) is 8.40. The van der Waals surface area contributed by atoms with Crippen molar-refractivity contribution in [1.82, 2.24) is 33.6 Å². The summed E-state index contributed by atoms with van der Waals surface area (Å²) in [5.41, 5.74) is 1.04. The lowest BCUT2D eigenvalue weighted by Gasteiger charge is -2.22. The number of benzene rings is 1. The highest BCUT2D eigenvalue weighted by molar-refractivity contribution is 7.89. The van der Waals surface area contributed by atoms with Crippen molar-refractivity contribution in [2.24, 2.45) is 7.05 Å². The summed E-state index contributed by atoms with van der Waals surface area (Å²) in [5, 5.41) is 0. The van der Waals surface area contributed by atoms with E-state index in [1.807, 2.05) is 36.1 Å². The molecule has 3 rings (SSSR count). The topological polar surface area (TPSA) is 90.4 Å². The monoisotopic (exact) mass is 529 g/mol. The number of imidazole rings is 2. The number of aryl methyl sites for hydroxylation is 1. The number of nitrogens with one attached hydrogen (secondary N) is 1. The Morgan fingerprint density at radius 2 is 1.57 bits per heavy atom. The molecule has 37 heavy (non-hydrogen) atoms. The first-order valence-corrected chi connectivity index (χ1v) is 14.7. The van der Waals surface area contributed by atoms with Gasteiger partial charge >= 0.3 is 0 Å². The van der Waals surface area contributed by atoms with E-state index in [1.165, 1.54) is 4.31 Å². The summed E-state index contributed by atoms with van der Waals surface area (Å²) in [4.78, 5) is 17.0. The van der Waals surface area contributed by atoms with Gasteiger partial charge in [-0.1, -0.05) is 26.0 Å². The van der Waals surface area contributed by atoms with E-state index in [0.717, 1.165) is 62.5 Å². The predicted octanol–water partition coefficient (Wildman–Crippen LogP) is 3.87. The number of unbranched alkanes of at least 4 members (excludes halogenated alkanes) is 1. The second-order valence-electron chi connectivity index (χ2n) is 9.65.